The number of thiazole rings is 1. The molecule has 2 aromatic rings. The molecule has 3 nitrogen and oxygen atoms in total. The van der Waals surface area contributed by atoms with Gasteiger partial charge in [-0.25, -0.2) is 14.2 Å². The van der Waals surface area contributed by atoms with Gasteiger partial charge in [-0.3, -0.25) is 0 Å². The number of aryl methyl sites for hydroxylation is 1. The molecule has 1 aromatic carbocycles. The summed E-state index contributed by atoms with van der Waals surface area (Å²) in [6.07, 6.45) is 5.59. The first-order valence-electron chi connectivity index (χ1n) is 5.91. The second kappa shape index (κ2) is 6.31. The molecular formula is C15H12FNO2S. The van der Waals surface area contributed by atoms with E-state index in [9.17, 15) is 9.18 Å². The van der Waals surface area contributed by atoms with Crippen molar-refractivity contribution in [2.75, 3.05) is 6.61 Å². The van der Waals surface area contributed by atoms with Crippen molar-refractivity contribution in [3.8, 4) is 12.3 Å². The van der Waals surface area contributed by atoms with Gasteiger partial charge in [0.25, 0.3) is 0 Å². The highest BCUT2D eigenvalue weighted by Crippen LogP contribution is 2.21. The second-order valence-corrected chi connectivity index (χ2v) is 5.19. The van der Waals surface area contributed by atoms with Gasteiger partial charge in [-0.15, -0.1) is 17.8 Å². The molecule has 0 saturated carbocycles. The van der Waals surface area contributed by atoms with Crippen molar-refractivity contribution in [2.24, 2.45) is 0 Å². The summed E-state index contributed by atoms with van der Waals surface area (Å²) >= 11 is 1.27. The van der Waals surface area contributed by atoms with Crippen LogP contribution in [0.5, 0.6) is 0 Å². The Morgan fingerprint density at radius 1 is 1.45 bits per heavy atom. The lowest BCUT2D eigenvalue weighted by Crippen LogP contribution is -2.04. The predicted molar refractivity (Wildman–Crippen MR) is 75.2 cm³/mol. The highest BCUT2D eigenvalue weighted by atomic mass is 32.1. The summed E-state index contributed by atoms with van der Waals surface area (Å²) in [5.41, 5.74) is 1.55. The van der Waals surface area contributed by atoms with E-state index >= 15 is 0 Å². The maximum Gasteiger partial charge on any atom is 0.351 e. The van der Waals surface area contributed by atoms with Gasteiger partial charge in [-0.2, -0.15) is 0 Å². The molecule has 1 aromatic heterocycles. The van der Waals surface area contributed by atoms with Crippen LogP contribution in [-0.4, -0.2) is 17.6 Å². The van der Waals surface area contributed by atoms with E-state index < -0.39 is 5.97 Å². The van der Waals surface area contributed by atoms with Crippen LogP contribution in [0.2, 0.25) is 0 Å². The largest absolute Gasteiger partial charge is 0.448 e. The Labute approximate surface area is 120 Å². The molecule has 0 aliphatic carbocycles. The average Bonchev–Trinajstić information content (AvgIpc) is 2.79. The lowest BCUT2D eigenvalue weighted by molar-refractivity contribution is 0.0561. The maximum absolute atomic E-state index is 12.8. The van der Waals surface area contributed by atoms with Crippen LogP contribution in [0.15, 0.2) is 24.3 Å². The third-order valence-electron chi connectivity index (χ3n) is 2.58. The molecule has 0 amide bonds. The van der Waals surface area contributed by atoms with Crippen LogP contribution in [0.4, 0.5) is 4.39 Å². The van der Waals surface area contributed by atoms with Crippen molar-refractivity contribution in [1.29, 1.82) is 0 Å². The Kier molecular flexibility index (Phi) is 4.49. The van der Waals surface area contributed by atoms with Crippen LogP contribution in [0.25, 0.3) is 0 Å². The number of halogens is 1. The van der Waals surface area contributed by atoms with Gasteiger partial charge >= 0.3 is 5.97 Å². The summed E-state index contributed by atoms with van der Waals surface area (Å²) in [5.74, 6) is 1.51. The number of nitrogens with zero attached hydrogens (tertiary/aromatic N) is 1. The molecule has 1 heterocycles. The van der Waals surface area contributed by atoms with Crippen LogP contribution in [0.1, 0.15) is 25.9 Å². The van der Waals surface area contributed by atoms with Crippen molar-refractivity contribution in [3.05, 3.63) is 51.2 Å². The first-order chi connectivity index (χ1) is 9.60. The monoisotopic (exact) mass is 289 g/mol. The van der Waals surface area contributed by atoms with Gasteiger partial charge < -0.3 is 4.74 Å². The van der Waals surface area contributed by atoms with E-state index in [2.05, 4.69) is 10.9 Å². The first-order valence-corrected chi connectivity index (χ1v) is 6.73. The SMILES string of the molecule is C#CCOC(=O)c1sc(Cc2ccc(F)cc2)nc1C. The quantitative estimate of drug-likeness (QED) is 0.641. The molecule has 0 radical (unpaired) electrons. The van der Waals surface area contributed by atoms with Gasteiger partial charge in [0.15, 0.2) is 6.61 Å². The van der Waals surface area contributed by atoms with Gasteiger partial charge in [-0.05, 0) is 24.6 Å². The van der Waals surface area contributed by atoms with Crippen molar-refractivity contribution in [3.63, 3.8) is 0 Å². The summed E-state index contributed by atoms with van der Waals surface area (Å²) in [6.45, 7) is 1.70. The van der Waals surface area contributed by atoms with Gasteiger partial charge in [0, 0.05) is 6.42 Å². The minimum Gasteiger partial charge on any atom is -0.448 e. The highest BCUT2D eigenvalue weighted by Gasteiger charge is 2.16. The molecule has 0 aliphatic rings. The van der Waals surface area contributed by atoms with Crippen LogP contribution in [-0.2, 0) is 11.2 Å². The van der Waals surface area contributed by atoms with E-state index in [-0.39, 0.29) is 12.4 Å². The molecule has 2 rings (SSSR count). The molecule has 20 heavy (non-hydrogen) atoms. The highest BCUT2D eigenvalue weighted by molar-refractivity contribution is 7.13. The number of esters is 1. The fraction of sp³-hybridized carbons (Fsp3) is 0.200. The second-order valence-electron chi connectivity index (χ2n) is 4.11. The van der Waals surface area contributed by atoms with Crippen LogP contribution < -0.4 is 0 Å². The topological polar surface area (TPSA) is 39.2 Å². The van der Waals surface area contributed by atoms with Gasteiger partial charge in [0.1, 0.15) is 10.7 Å². The Bertz CT molecular complexity index is 656. The molecule has 0 atom stereocenters. The van der Waals surface area contributed by atoms with E-state index in [1.165, 1.54) is 23.5 Å². The van der Waals surface area contributed by atoms with Crippen molar-refractivity contribution in [1.82, 2.24) is 4.98 Å². The molecule has 0 unspecified atom stereocenters. The van der Waals surface area contributed by atoms with Crippen LogP contribution >= 0.6 is 11.3 Å². The molecule has 0 aliphatic heterocycles. The summed E-state index contributed by atoms with van der Waals surface area (Å²) < 4.78 is 17.7. The molecule has 0 spiro atoms. The zero-order valence-electron chi connectivity index (χ0n) is 10.9. The van der Waals surface area contributed by atoms with E-state index in [0.29, 0.717) is 17.0 Å². The molecule has 0 fully saturated rings. The summed E-state index contributed by atoms with van der Waals surface area (Å²) in [5, 5.41) is 0.779. The normalized spacial score (nSPS) is 10.1. The summed E-state index contributed by atoms with van der Waals surface area (Å²) in [6, 6.07) is 6.20. The van der Waals surface area contributed by atoms with E-state index in [1.807, 2.05) is 0 Å². The van der Waals surface area contributed by atoms with Crippen molar-refractivity contribution >= 4 is 17.3 Å². The molecule has 0 saturated heterocycles. The minimum atomic E-state index is -0.455. The molecule has 5 heteroatoms. The minimum absolute atomic E-state index is 0.0521. The van der Waals surface area contributed by atoms with E-state index in [0.717, 1.165) is 10.6 Å². The fourth-order valence-corrected chi connectivity index (χ4v) is 2.66. The fourth-order valence-electron chi connectivity index (χ4n) is 1.67. The number of benzene rings is 1. The van der Waals surface area contributed by atoms with Gasteiger partial charge in [0.2, 0.25) is 0 Å². The smallest absolute Gasteiger partial charge is 0.351 e. The van der Waals surface area contributed by atoms with Gasteiger partial charge in [-0.1, -0.05) is 18.1 Å². The summed E-state index contributed by atoms with van der Waals surface area (Å²) in [4.78, 5) is 16.5. The van der Waals surface area contributed by atoms with Crippen molar-refractivity contribution in [2.45, 2.75) is 13.3 Å². The third kappa shape index (κ3) is 3.43. The zero-order valence-corrected chi connectivity index (χ0v) is 11.7. The molecule has 0 N–H and O–H groups in total. The van der Waals surface area contributed by atoms with Gasteiger partial charge in [0.05, 0.1) is 10.7 Å². The number of hydrogen-bond donors (Lipinski definition) is 0. The number of aromatic nitrogens is 1. The average molecular weight is 289 g/mol. The number of rotatable bonds is 4. The van der Waals surface area contributed by atoms with E-state index in [4.69, 9.17) is 11.2 Å². The Morgan fingerprint density at radius 3 is 2.80 bits per heavy atom. The Balaban J connectivity index is 2.13. The first kappa shape index (κ1) is 14.2. The molecule has 0 bridgehead atoms. The third-order valence-corrected chi connectivity index (χ3v) is 3.72. The number of carbonyl (C=O) groups is 1. The standard InChI is InChI=1S/C15H12FNO2S/c1-3-8-19-15(18)14-10(2)17-13(20-14)9-11-4-6-12(16)7-5-11/h1,4-7H,8-9H2,2H3. The molecule has 102 valence electrons. The number of terminal acetylenes is 1. The summed E-state index contributed by atoms with van der Waals surface area (Å²) in [7, 11) is 0. The number of hydrogen-bond acceptors (Lipinski definition) is 4. The van der Waals surface area contributed by atoms with E-state index in [1.54, 1.807) is 19.1 Å². The lowest BCUT2D eigenvalue weighted by atomic mass is 10.1. The maximum atomic E-state index is 12.8. The molecular weight excluding hydrogens is 277 g/mol. The van der Waals surface area contributed by atoms with Crippen LogP contribution in [0.3, 0.4) is 0 Å². The predicted octanol–water partition coefficient (Wildman–Crippen LogP) is 2.97. The lowest BCUT2D eigenvalue weighted by Gasteiger charge is -1.98. The zero-order chi connectivity index (χ0) is 14.5. The number of ether oxygens (including phenoxy) is 1. The Hall–Kier alpha value is -2.19. The Morgan fingerprint density at radius 2 is 2.15 bits per heavy atom. The van der Waals surface area contributed by atoms with Crippen LogP contribution in [0, 0.1) is 25.1 Å². The van der Waals surface area contributed by atoms with Crippen molar-refractivity contribution < 1.29 is 13.9 Å². The number of carbonyl (C=O) groups excluding carboxylic acids is 1.